The van der Waals surface area contributed by atoms with E-state index in [2.05, 4.69) is 4.72 Å². The monoisotopic (exact) mass is 625 g/mol. The number of anilines is 1. The van der Waals surface area contributed by atoms with Crippen molar-refractivity contribution < 1.29 is 36.3 Å². The lowest BCUT2D eigenvalue weighted by Crippen LogP contribution is -2.41. The van der Waals surface area contributed by atoms with Crippen molar-refractivity contribution in [1.29, 1.82) is 5.41 Å². The van der Waals surface area contributed by atoms with Crippen molar-refractivity contribution in [2.24, 2.45) is 5.73 Å². The third kappa shape index (κ3) is 7.30. The molecule has 0 spiro atoms. The number of likely N-dealkylation sites (tertiary alicyclic amines) is 1. The van der Waals surface area contributed by atoms with Crippen LogP contribution in [-0.4, -0.2) is 54.9 Å². The Morgan fingerprint density at radius 2 is 1.87 bits per heavy atom. The SMILES string of the molecule is N=C(N)c1ccc(N)c(CN2CCC(NS(=O)(=O)c3cc4c(Cl)cc(Cl)cc4s3)C2=O)c1.O=C(O)C(F)(F)F. The number of fused-ring (bicyclic) bond motifs is 1. The number of hydrogen-bond donors (Lipinski definition) is 5. The van der Waals surface area contributed by atoms with Gasteiger partial charge in [-0.2, -0.15) is 17.9 Å². The predicted octanol–water partition coefficient (Wildman–Crippen LogP) is 3.79. The topological polar surface area (TPSA) is 180 Å². The highest BCUT2D eigenvalue weighted by Gasteiger charge is 2.38. The number of carbonyl (C=O) groups is 2. The molecule has 1 aliphatic heterocycles. The number of carbonyl (C=O) groups excluding carboxylic acids is 1. The van der Waals surface area contributed by atoms with Crippen molar-refractivity contribution in [3.05, 3.63) is 57.6 Å². The van der Waals surface area contributed by atoms with Gasteiger partial charge in [0.15, 0.2) is 0 Å². The molecule has 4 rings (SSSR count). The molecule has 1 aromatic heterocycles. The Morgan fingerprint density at radius 3 is 2.46 bits per heavy atom. The second-order valence-corrected chi connectivity index (χ2v) is 12.1. The number of carboxylic acids is 1. The number of thiophene rings is 1. The Labute approximate surface area is 233 Å². The number of carboxylic acid groups (broad SMARTS) is 1. The minimum Gasteiger partial charge on any atom is -0.475 e. The van der Waals surface area contributed by atoms with Gasteiger partial charge in [-0.3, -0.25) is 10.2 Å². The van der Waals surface area contributed by atoms with Gasteiger partial charge in [0, 0.05) is 39.4 Å². The number of nitrogens with zero attached hydrogens (tertiary/aromatic N) is 1. The summed E-state index contributed by atoms with van der Waals surface area (Å²) in [6.07, 6.45) is -4.76. The number of nitrogens with one attached hydrogen (secondary N) is 2. The van der Waals surface area contributed by atoms with Gasteiger partial charge in [0.2, 0.25) is 5.91 Å². The van der Waals surface area contributed by atoms with Crippen LogP contribution in [0.2, 0.25) is 10.0 Å². The zero-order valence-electron chi connectivity index (χ0n) is 19.6. The van der Waals surface area contributed by atoms with Crippen molar-refractivity contribution in [1.82, 2.24) is 9.62 Å². The van der Waals surface area contributed by atoms with Crippen molar-refractivity contribution in [2.75, 3.05) is 12.3 Å². The highest BCUT2D eigenvalue weighted by molar-refractivity contribution is 7.91. The number of rotatable bonds is 6. The summed E-state index contributed by atoms with van der Waals surface area (Å²) in [7, 11) is -3.94. The molecule has 10 nitrogen and oxygen atoms in total. The summed E-state index contributed by atoms with van der Waals surface area (Å²) in [5, 5.41) is 16.1. The zero-order valence-corrected chi connectivity index (χ0v) is 22.7. The molecule has 210 valence electrons. The first-order valence-electron chi connectivity index (χ1n) is 10.7. The molecule has 1 saturated heterocycles. The van der Waals surface area contributed by atoms with E-state index in [0.29, 0.717) is 49.9 Å². The van der Waals surface area contributed by atoms with E-state index >= 15 is 0 Å². The third-order valence-corrected chi connectivity index (χ3v) is 9.00. The molecule has 7 N–H and O–H groups in total. The summed E-state index contributed by atoms with van der Waals surface area (Å²) < 4.78 is 60.8. The van der Waals surface area contributed by atoms with E-state index in [1.807, 2.05) is 0 Å². The second-order valence-electron chi connectivity index (χ2n) is 8.22. The fourth-order valence-corrected chi connectivity index (χ4v) is 6.90. The third-order valence-electron chi connectivity index (χ3n) is 5.45. The van der Waals surface area contributed by atoms with Gasteiger partial charge in [0.1, 0.15) is 16.1 Å². The van der Waals surface area contributed by atoms with Crippen LogP contribution in [0.1, 0.15) is 17.5 Å². The maximum absolute atomic E-state index is 12.9. The van der Waals surface area contributed by atoms with Crippen LogP contribution in [0.3, 0.4) is 0 Å². The highest BCUT2D eigenvalue weighted by atomic mass is 35.5. The van der Waals surface area contributed by atoms with Crippen LogP contribution in [0, 0.1) is 5.41 Å². The summed E-state index contributed by atoms with van der Waals surface area (Å²) in [5.41, 5.74) is 13.1. The number of hydrogen-bond acceptors (Lipinski definition) is 7. The first-order valence-corrected chi connectivity index (χ1v) is 13.8. The molecule has 2 aromatic carbocycles. The molecule has 1 atom stereocenters. The molecule has 3 aromatic rings. The van der Waals surface area contributed by atoms with Crippen LogP contribution in [-0.2, 0) is 26.2 Å². The maximum Gasteiger partial charge on any atom is 0.490 e. The summed E-state index contributed by atoms with van der Waals surface area (Å²) in [6, 6.07) is 8.71. The highest BCUT2D eigenvalue weighted by Crippen LogP contribution is 2.36. The van der Waals surface area contributed by atoms with Gasteiger partial charge < -0.3 is 21.5 Å². The number of alkyl halides is 3. The van der Waals surface area contributed by atoms with Crippen molar-refractivity contribution >= 4 is 78.0 Å². The van der Waals surface area contributed by atoms with Gasteiger partial charge in [0.05, 0.1) is 5.02 Å². The number of halogens is 5. The fourth-order valence-electron chi connectivity index (χ4n) is 3.54. The van der Waals surface area contributed by atoms with Gasteiger partial charge in [-0.15, -0.1) is 11.3 Å². The van der Waals surface area contributed by atoms with E-state index in [9.17, 15) is 26.4 Å². The summed E-state index contributed by atoms with van der Waals surface area (Å²) >= 11 is 13.2. The Kier molecular flexibility index (Phi) is 9.02. The lowest BCUT2D eigenvalue weighted by Gasteiger charge is -2.19. The average molecular weight is 626 g/mol. The van der Waals surface area contributed by atoms with Gasteiger partial charge in [0.25, 0.3) is 10.0 Å². The van der Waals surface area contributed by atoms with Gasteiger partial charge >= 0.3 is 12.1 Å². The van der Waals surface area contributed by atoms with Crippen molar-refractivity contribution in [3.63, 3.8) is 0 Å². The van der Waals surface area contributed by atoms with Crippen LogP contribution in [0.25, 0.3) is 10.1 Å². The smallest absolute Gasteiger partial charge is 0.475 e. The standard InChI is InChI=1S/C20H19Cl2N5O3S2.C2HF3O2/c21-12-6-14(22)13-8-18(31-17(13)7-12)32(29,30)26-16-3-4-27(20(16)28)9-11-5-10(19(24)25)1-2-15(11)23;3-2(4,5)1(6)7/h1-2,5-8,16,26H,3-4,9,23H2,(H3,24,25);(H,6,7). The Balaban J connectivity index is 0.000000532. The van der Waals surface area contributed by atoms with E-state index in [1.165, 1.54) is 11.0 Å². The van der Waals surface area contributed by atoms with E-state index in [-0.39, 0.29) is 22.5 Å². The summed E-state index contributed by atoms with van der Waals surface area (Å²) in [5.74, 6) is -3.20. The summed E-state index contributed by atoms with van der Waals surface area (Å²) in [6.45, 7) is 0.560. The van der Waals surface area contributed by atoms with Gasteiger partial charge in [-0.05, 0) is 48.4 Å². The Hall–Kier alpha value is -3.11. The number of benzene rings is 2. The van der Waals surface area contributed by atoms with Crippen LogP contribution in [0.15, 0.2) is 40.6 Å². The molecule has 1 aliphatic rings. The van der Waals surface area contributed by atoms with Crippen LogP contribution < -0.4 is 16.2 Å². The molecule has 39 heavy (non-hydrogen) atoms. The quantitative estimate of drug-likeness (QED) is 0.157. The number of nitrogens with two attached hydrogens (primary N) is 2. The molecule has 17 heteroatoms. The van der Waals surface area contributed by atoms with Crippen LogP contribution in [0.4, 0.5) is 18.9 Å². The fraction of sp³-hybridized carbons (Fsp3) is 0.227. The number of aliphatic carboxylic acids is 1. The maximum atomic E-state index is 12.9. The number of sulfonamides is 1. The lowest BCUT2D eigenvalue weighted by atomic mass is 10.1. The molecule has 2 heterocycles. The van der Waals surface area contributed by atoms with Crippen LogP contribution in [0.5, 0.6) is 0 Å². The number of nitrogen functional groups attached to an aromatic ring is 2. The van der Waals surface area contributed by atoms with Gasteiger partial charge in [-0.25, -0.2) is 13.2 Å². The largest absolute Gasteiger partial charge is 0.490 e. The molecule has 1 fully saturated rings. The molecular formula is C22H20Cl2F3N5O5S2. The normalized spacial score (nSPS) is 15.8. The molecule has 1 unspecified atom stereocenters. The Bertz CT molecular complexity index is 1560. The lowest BCUT2D eigenvalue weighted by molar-refractivity contribution is -0.192. The second kappa shape index (κ2) is 11.6. The van der Waals surface area contributed by atoms with Crippen LogP contribution >= 0.6 is 34.5 Å². The van der Waals surface area contributed by atoms with Crippen molar-refractivity contribution in [2.45, 2.75) is 29.4 Å². The van der Waals surface area contributed by atoms with E-state index in [4.69, 9.17) is 50.0 Å². The summed E-state index contributed by atoms with van der Waals surface area (Å²) in [4.78, 5) is 23.3. The molecular weight excluding hydrogens is 606 g/mol. The molecule has 1 amide bonds. The Morgan fingerprint density at radius 1 is 1.23 bits per heavy atom. The first-order chi connectivity index (χ1) is 18.0. The molecule has 0 aliphatic carbocycles. The molecule has 0 saturated carbocycles. The average Bonchev–Trinajstić information content (AvgIpc) is 3.40. The molecule has 0 bridgehead atoms. The number of amidine groups is 1. The van der Waals surface area contributed by atoms with E-state index in [1.54, 1.807) is 30.3 Å². The van der Waals surface area contributed by atoms with E-state index in [0.717, 1.165) is 11.3 Å². The molecule has 0 radical (unpaired) electrons. The van der Waals surface area contributed by atoms with Crippen molar-refractivity contribution in [3.8, 4) is 0 Å². The number of amides is 1. The minimum absolute atomic E-state index is 0.0568. The first kappa shape index (κ1) is 30.4. The zero-order chi connectivity index (χ0) is 29.3. The van der Waals surface area contributed by atoms with Gasteiger partial charge in [-0.1, -0.05) is 23.2 Å². The minimum atomic E-state index is -5.08. The van der Waals surface area contributed by atoms with E-state index < -0.39 is 28.2 Å². The predicted molar refractivity (Wildman–Crippen MR) is 142 cm³/mol.